The highest BCUT2D eigenvalue weighted by atomic mass is 19.4. The van der Waals surface area contributed by atoms with Gasteiger partial charge in [0.1, 0.15) is 5.60 Å². The SMILES string of the molecule is O=C(NCCC1CCOC12CN(C(=O)C1CCC1)C2)c1ccncc1.O=C(O)C(F)(F)F. The minimum absolute atomic E-state index is 0.0641. The molecule has 0 aromatic carbocycles. The van der Waals surface area contributed by atoms with Crippen LogP contribution in [0.15, 0.2) is 24.5 Å². The van der Waals surface area contributed by atoms with Crippen molar-refractivity contribution in [1.29, 1.82) is 0 Å². The first-order valence-corrected chi connectivity index (χ1v) is 10.5. The molecule has 11 heteroatoms. The summed E-state index contributed by atoms with van der Waals surface area (Å²) < 4.78 is 37.8. The van der Waals surface area contributed by atoms with Crippen LogP contribution < -0.4 is 5.32 Å². The van der Waals surface area contributed by atoms with E-state index in [-0.39, 0.29) is 17.4 Å². The Labute approximate surface area is 183 Å². The first-order valence-electron chi connectivity index (χ1n) is 10.5. The van der Waals surface area contributed by atoms with Gasteiger partial charge >= 0.3 is 12.1 Å². The molecule has 176 valence electrons. The first-order chi connectivity index (χ1) is 15.1. The number of hydrogen-bond acceptors (Lipinski definition) is 5. The molecule has 3 aliphatic rings. The standard InChI is InChI=1S/C19H25N3O3.C2HF3O2/c23-17(14-4-8-20-9-5-14)21-10-6-16-7-11-25-19(16)12-22(13-19)18(24)15-2-1-3-15;3-2(4,5)1(6)7/h4-5,8-9,15-16H,1-3,6-7,10-13H2,(H,21,23);(H,6,7). The van der Waals surface area contributed by atoms with Gasteiger partial charge in [0.15, 0.2) is 0 Å². The van der Waals surface area contributed by atoms with Crippen LogP contribution in [0.4, 0.5) is 13.2 Å². The number of carbonyl (C=O) groups is 3. The van der Waals surface area contributed by atoms with Gasteiger partial charge in [-0.05, 0) is 43.7 Å². The van der Waals surface area contributed by atoms with Crippen molar-refractivity contribution in [3.05, 3.63) is 30.1 Å². The third-order valence-electron chi connectivity index (χ3n) is 6.25. The second-order valence-electron chi connectivity index (χ2n) is 8.30. The van der Waals surface area contributed by atoms with Gasteiger partial charge in [-0.25, -0.2) is 4.79 Å². The zero-order valence-corrected chi connectivity index (χ0v) is 17.4. The number of carboxylic acids is 1. The molecule has 1 spiro atoms. The largest absolute Gasteiger partial charge is 0.490 e. The Balaban J connectivity index is 0.000000360. The Bertz CT molecular complexity index is 824. The number of rotatable bonds is 5. The highest BCUT2D eigenvalue weighted by molar-refractivity contribution is 5.93. The lowest BCUT2D eigenvalue weighted by Gasteiger charge is -2.51. The number of carboxylic acid groups (broad SMARTS) is 1. The monoisotopic (exact) mass is 457 g/mol. The minimum atomic E-state index is -5.08. The number of aromatic nitrogens is 1. The molecular weight excluding hydrogens is 431 g/mol. The van der Waals surface area contributed by atoms with Gasteiger partial charge in [0.2, 0.25) is 5.91 Å². The minimum Gasteiger partial charge on any atom is -0.475 e. The van der Waals surface area contributed by atoms with Crippen molar-refractivity contribution >= 4 is 17.8 Å². The summed E-state index contributed by atoms with van der Waals surface area (Å²) in [6.45, 7) is 2.85. The van der Waals surface area contributed by atoms with E-state index in [0.29, 0.717) is 23.9 Å². The van der Waals surface area contributed by atoms with Crippen molar-refractivity contribution < 1.29 is 37.4 Å². The third-order valence-corrected chi connectivity index (χ3v) is 6.25. The number of hydrogen-bond donors (Lipinski definition) is 2. The number of nitrogens with zero attached hydrogens (tertiary/aromatic N) is 2. The maximum Gasteiger partial charge on any atom is 0.490 e. The molecule has 1 aliphatic carbocycles. The number of likely N-dealkylation sites (tertiary alicyclic amines) is 1. The predicted molar refractivity (Wildman–Crippen MR) is 106 cm³/mol. The molecule has 1 unspecified atom stereocenters. The van der Waals surface area contributed by atoms with Crippen molar-refractivity contribution in [2.45, 2.75) is 43.9 Å². The molecule has 1 saturated carbocycles. The lowest BCUT2D eigenvalue weighted by molar-refractivity contribution is -0.192. The lowest BCUT2D eigenvalue weighted by atomic mass is 9.76. The van der Waals surface area contributed by atoms with E-state index in [1.807, 2.05) is 4.90 Å². The van der Waals surface area contributed by atoms with Gasteiger partial charge in [-0.2, -0.15) is 13.2 Å². The maximum absolute atomic E-state index is 12.3. The number of amides is 2. The number of pyridine rings is 1. The summed E-state index contributed by atoms with van der Waals surface area (Å²) in [6, 6.07) is 3.43. The number of nitrogens with one attached hydrogen (secondary N) is 1. The number of carbonyl (C=O) groups excluding carboxylic acids is 2. The average Bonchev–Trinajstić information content (AvgIpc) is 3.09. The smallest absolute Gasteiger partial charge is 0.475 e. The first kappa shape index (κ1) is 24.0. The van der Waals surface area contributed by atoms with Gasteiger partial charge in [-0.1, -0.05) is 6.42 Å². The summed E-state index contributed by atoms with van der Waals surface area (Å²) >= 11 is 0. The van der Waals surface area contributed by atoms with Crippen LogP contribution in [-0.4, -0.2) is 70.8 Å². The van der Waals surface area contributed by atoms with Gasteiger partial charge in [-0.15, -0.1) is 0 Å². The number of alkyl halides is 3. The van der Waals surface area contributed by atoms with Crippen molar-refractivity contribution in [3.63, 3.8) is 0 Å². The molecule has 1 aromatic rings. The number of ether oxygens (including phenoxy) is 1. The summed E-state index contributed by atoms with van der Waals surface area (Å²) in [6.07, 6.45) is 3.35. The van der Waals surface area contributed by atoms with Crippen molar-refractivity contribution in [1.82, 2.24) is 15.2 Å². The molecule has 2 N–H and O–H groups in total. The quantitative estimate of drug-likeness (QED) is 0.702. The Morgan fingerprint density at radius 2 is 1.81 bits per heavy atom. The molecule has 2 aliphatic heterocycles. The van der Waals surface area contributed by atoms with E-state index >= 15 is 0 Å². The van der Waals surface area contributed by atoms with Crippen LogP contribution in [0.25, 0.3) is 0 Å². The fourth-order valence-corrected chi connectivity index (χ4v) is 4.18. The predicted octanol–water partition coefficient (Wildman–Crippen LogP) is 2.25. The second-order valence-corrected chi connectivity index (χ2v) is 8.30. The Hall–Kier alpha value is -2.69. The molecule has 4 rings (SSSR count). The lowest BCUT2D eigenvalue weighted by Crippen LogP contribution is -2.67. The van der Waals surface area contributed by atoms with E-state index in [9.17, 15) is 22.8 Å². The maximum atomic E-state index is 12.3. The van der Waals surface area contributed by atoms with Gasteiger partial charge in [0, 0.05) is 37.0 Å². The van der Waals surface area contributed by atoms with E-state index in [1.165, 1.54) is 6.42 Å². The van der Waals surface area contributed by atoms with Gasteiger partial charge in [0.05, 0.1) is 13.1 Å². The van der Waals surface area contributed by atoms with Gasteiger partial charge in [-0.3, -0.25) is 14.6 Å². The zero-order valence-electron chi connectivity index (χ0n) is 17.4. The number of aliphatic carboxylic acids is 1. The molecule has 0 radical (unpaired) electrons. The molecule has 32 heavy (non-hydrogen) atoms. The summed E-state index contributed by atoms with van der Waals surface area (Å²) in [4.78, 5) is 39.2. The number of halogens is 3. The van der Waals surface area contributed by atoms with Crippen LogP contribution in [0, 0.1) is 11.8 Å². The Morgan fingerprint density at radius 1 is 1.19 bits per heavy atom. The van der Waals surface area contributed by atoms with Crippen molar-refractivity contribution in [3.8, 4) is 0 Å². The highest BCUT2D eigenvalue weighted by Crippen LogP contribution is 2.43. The van der Waals surface area contributed by atoms with Crippen LogP contribution in [-0.2, 0) is 14.3 Å². The molecule has 0 bridgehead atoms. The fraction of sp³-hybridized carbons (Fsp3) is 0.619. The zero-order chi connectivity index (χ0) is 23.4. The average molecular weight is 457 g/mol. The van der Waals surface area contributed by atoms with E-state index < -0.39 is 12.1 Å². The van der Waals surface area contributed by atoms with Crippen LogP contribution in [0.2, 0.25) is 0 Å². The van der Waals surface area contributed by atoms with E-state index in [0.717, 1.165) is 45.4 Å². The van der Waals surface area contributed by atoms with E-state index in [4.69, 9.17) is 14.6 Å². The summed E-state index contributed by atoms with van der Waals surface area (Å²) in [7, 11) is 0. The van der Waals surface area contributed by atoms with Crippen LogP contribution in [0.5, 0.6) is 0 Å². The molecule has 2 amide bonds. The van der Waals surface area contributed by atoms with Crippen LogP contribution in [0.1, 0.15) is 42.5 Å². The molecule has 3 heterocycles. The molecule has 1 atom stereocenters. The normalized spacial score (nSPS) is 21.7. The third kappa shape index (κ3) is 5.56. The van der Waals surface area contributed by atoms with Gasteiger partial charge < -0.3 is 20.1 Å². The highest BCUT2D eigenvalue weighted by Gasteiger charge is 2.54. The second kappa shape index (κ2) is 9.85. The molecular formula is C21H26F3N3O5. The van der Waals surface area contributed by atoms with E-state index in [2.05, 4.69) is 10.3 Å². The van der Waals surface area contributed by atoms with Crippen LogP contribution >= 0.6 is 0 Å². The molecule has 1 aromatic heterocycles. The fourth-order valence-electron chi connectivity index (χ4n) is 4.18. The van der Waals surface area contributed by atoms with Crippen LogP contribution in [0.3, 0.4) is 0 Å². The van der Waals surface area contributed by atoms with Crippen molar-refractivity contribution in [2.24, 2.45) is 11.8 Å². The van der Waals surface area contributed by atoms with E-state index in [1.54, 1.807) is 24.5 Å². The molecule has 2 saturated heterocycles. The molecule has 3 fully saturated rings. The Morgan fingerprint density at radius 3 is 2.34 bits per heavy atom. The Kier molecular flexibility index (Phi) is 7.37. The molecule has 8 nitrogen and oxygen atoms in total. The summed E-state index contributed by atoms with van der Waals surface area (Å²) in [5, 5.41) is 10.1. The summed E-state index contributed by atoms with van der Waals surface area (Å²) in [5.74, 6) is -1.83. The van der Waals surface area contributed by atoms with Gasteiger partial charge in [0.25, 0.3) is 5.91 Å². The topological polar surface area (TPSA) is 109 Å². The van der Waals surface area contributed by atoms with Crippen molar-refractivity contribution in [2.75, 3.05) is 26.2 Å². The summed E-state index contributed by atoms with van der Waals surface area (Å²) in [5.41, 5.74) is 0.467.